The van der Waals surface area contributed by atoms with E-state index >= 15 is 0 Å². The van der Waals surface area contributed by atoms with Gasteiger partial charge >= 0.3 is 5.97 Å². The van der Waals surface area contributed by atoms with E-state index in [-0.39, 0.29) is 0 Å². The summed E-state index contributed by atoms with van der Waals surface area (Å²) < 4.78 is 0. The molecule has 0 spiro atoms. The number of aromatic amines is 1. The molecular weight excluding hydrogens is 288 g/mol. The summed E-state index contributed by atoms with van der Waals surface area (Å²) in [6.07, 6.45) is 1.79. The lowest BCUT2D eigenvalue weighted by molar-refractivity contribution is -0.142. The van der Waals surface area contributed by atoms with E-state index in [2.05, 4.69) is 10.2 Å². The van der Waals surface area contributed by atoms with Gasteiger partial charge in [-0.15, -0.1) is 0 Å². The van der Waals surface area contributed by atoms with E-state index in [1.165, 1.54) is 0 Å². The van der Waals surface area contributed by atoms with Crippen molar-refractivity contribution in [3.8, 4) is 22.4 Å². The summed E-state index contributed by atoms with van der Waals surface area (Å²) in [6.45, 7) is 3.41. The maximum atomic E-state index is 11.4. The Morgan fingerprint density at radius 2 is 1.65 bits per heavy atom. The normalized spacial score (nSPS) is 11.4. The molecule has 23 heavy (non-hydrogen) atoms. The van der Waals surface area contributed by atoms with Crippen LogP contribution in [0.15, 0.2) is 60.8 Å². The maximum absolute atomic E-state index is 11.4. The summed E-state index contributed by atoms with van der Waals surface area (Å²) in [5, 5.41) is 16.5. The van der Waals surface area contributed by atoms with Crippen LogP contribution in [0.5, 0.6) is 0 Å². The molecule has 2 N–H and O–H groups in total. The number of H-pyrrole nitrogens is 1. The molecule has 0 bridgehead atoms. The van der Waals surface area contributed by atoms with Crippen molar-refractivity contribution in [3.05, 3.63) is 66.4 Å². The Labute approximate surface area is 134 Å². The standard InChI is InChI=1S/C19H18N2O2/c1-19(2,18(22)23)15-10-8-13(9-11-15)16-12-20-21-17(16)14-6-4-3-5-7-14/h3-12H,1-2H3,(H,20,21)(H,22,23). The van der Waals surface area contributed by atoms with Crippen LogP contribution >= 0.6 is 0 Å². The second kappa shape index (κ2) is 5.72. The third kappa shape index (κ3) is 2.75. The number of rotatable bonds is 4. The van der Waals surface area contributed by atoms with Gasteiger partial charge in [-0.2, -0.15) is 5.10 Å². The van der Waals surface area contributed by atoms with E-state index in [0.29, 0.717) is 0 Å². The first kappa shape index (κ1) is 15.0. The van der Waals surface area contributed by atoms with Crippen molar-refractivity contribution in [3.63, 3.8) is 0 Å². The number of carboxylic acids is 1. The van der Waals surface area contributed by atoms with Crippen LogP contribution in [-0.2, 0) is 10.2 Å². The Morgan fingerprint density at radius 1 is 1.00 bits per heavy atom. The first-order valence-corrected chi connectivity index (χ1v) is 7.43. The largest absolute Gasteiger partial charge is 0.481 e. The third-order valence-electron chi connectivity index (χ3n) is 4.15. The van der Waals surface area contributed by atoms with Gasteiger partial charge in [-0.1, -0.05) is 54.6 Å². The van der Waals surface area contributed by atoms with Gasteiger partial charge in [-0.25, -0.2) is 0 Å². The third-order valence-corrected chi connectivity index (χ3v) is 4.15. The molecule has 0 aliphatic heterocycles. The molecule has 3 aromatic rings. The summed E-state index contributed by atoms with van der Waals surface area (Å²) >= 11 is 0. The molecule has 1 heterocycles. The number of aliphatic carboxylic acids is 1. The van der Waals surface area contributed by atoms with Gasteiger partial charge in [0, 0.05) is 11.1 Å². The fourth-order valence-electron chi connectivity index (χ4n) is 2.52. The van der Waals surface area contributed by atoms with Gasteiger partial charge < -0.3 is 5.11 Å². The van der Waals surface area contributed by atoms with Gasteiger partial charge in [0.05, 0.1) is 17.3 Å². The van der Waals surface area contributed by atoms with Gasteiger partial charge in [-0.3, -0.25) is 9.89 Å². The van der Waals surface area contributed by atoms with Crippen LogP contribution in [0.2, 0.25) is 0 Å². The van der Waals surface area contributed by atoms with Gasteiger partial charge in [-0.05, 0) is 25.0 Å². The second-order valence-electron chi connectivity index (χ2n) is 6.03. The minimum absolute atomic E-state index is 0.776. The number of nitrogens with zero attached hydrogens (tertiary/aromatic N) is 1. The van der Waals surface area contributed by atoms with Gasteiger partial charge in [0.2, 0.25) is 0 Å². The van der Waals surface area contributed by atoms with Crippen LogP contribution in [0.4, 0.5) is 0 Å². The molecule has 0 unspecified atom stereocenters. The molecule has 1 aromatic heterocycles. The minimum atomic E-state index is -0.906. The molecule has 0 aliphatic carbocycles. The molecule has 4 heteroatoms. The van der Waals surface area contributed by atoms with Crippen LogP contribution in [0.1, 0.15) is 19.4 Å². The van der Waals surface area contributed by atoms with Crippen molar-refractivity contribution < 1.29 is 9.90 Å². The molecule has 0 saturated heterocycles. The zero-order valence-electron chi connectivity index (χ0n) is 13.1. The van der Waals surface area contributed by atoms with Crippen LogP contribution in [0.25, 0.3) is 22.4 Å². The summed E-state index contributed by atoms with van der Waals surface area (Å²) in [5.74, 6) is -0.835. The first-order chi connectivity index (χ1) is 11.0. The van der Waals surface area contributed by atoms with E-state index in [0.717, 1.165) is 27.9 Å². The number of carboxylic acid groups (broad SMARTS) is 1. The van der Waals surface area contributed by atoms with Crippen molar-refractivity contribution in [2.45, 2.75) is 19.3 Å². The van der Waals surface area contributed by atoms with Crippen LogP contribution in [-0.4, -0.2) is 21.3 Å². The summed E-state index contributed by atoms with van der Waals surface area (Å²) in [6, 6.07) is 17.6. The predicted octanol–water partition coefficient (Wildman–Crippen LogP) is 4.11. The van der Waals surface area contributed by atoms with Crippen molar-refractivity contribution in [1.29, 1.82) is 0 Å². The number of hydrogen-bond acceptors (Lipinski definition) is 2. The summed E-state index contributed by atoms with van der Waals surface area (Å²) in [7, 11) is 0. The lowest BCUT2D eigenvalue weighted by atomic mass is 9.84. The highest BCUT2D eigenvalue weighted by Gasteiger charge is 2.29. The number of benzene rings is 2. The van der Waals surface area contributed by atoms with Gasteiger partial charge in [0.1, 0.15) is 0 Å². The van der Waals surface area contributed by atoms with E-state index in [9.17, 15) is 9.90 Å². The molecule has 0 saturated carbocycles. The zero-order valence-corrected chi connectivity index (χ0v) is 13.1. The number of hydrogen-bond donors (Lipinski definition) is 2. The van der Waals surface area contributed by atoms with Gasteiger partial charge in [0.15, 0.2) is 0 Å². The highest BCUT2D eigenvalue weighted by atomic mass is 16.4. The van der Waals surface area contributed by atoms with Crippen LogP contribution in [0, 0.1) is 0 Å². The molecule has 4 nitrogen and oxygen atoms in total. The molecule has 0 radical (unpaired) electrons. The van der Waals surface area contributed by atoms with E-state index in [1.54, 1.807) is 20.0 Å². The maximum Gasteiger partial charge on any atom is 0.313 e. The molecule has 0 amide bonds. The molecule has 3 rings (SSSR count). The molecule has 116 valence electrons. The van der Waals surface area contributed by atoms with Crippen molar-refractivity contribution in [1.82, 2.24) is 10.2 Å². The number of carbonyl (C=O) groups is 1. The quantitative estimate of drug-likeness (QED) is 0.762. The average molecular weight is 306 g/mol. The fraction of sp³-hybridized carbons (Fsp3) is 0.158. The van der Waals surface area contributed by atoms with E-state index < -0.39 is 11.4 Å². The Morgan fingerprint density at radius 3 is 2.26 bits per heavy atom. The first-order valence-electron chi connectivity index (χ1n) is 7.43. The molecular formula is C19H18N2O2. The van der Waals surface area contributed by atoms with Crippen molar-refractivity contribution >= 4 is 5.97 Å². The number of aromatic nitrogens is 2. The Hall–Kier alpha value is -2.88. The van der Waals surface area contributed by atoms with Crippen molar-refractivity contribution in [2.75, 3.05) is 0 Å². The topological polar surface area (TPSA) is 66.0 Å². The number of nitrogens with one attached hydrogen (secondary N) is 1. The highest BCUT2D eigenvalue weighted by Crippen LogP contribution is 2.32. The molecule has 2 aromatic carbocycles. The fourth-order valence-corrected chi connectivity index (χ4v) is 2.52. The molecule has 0 fully saturated rings. The highest BCUT2D eigenvalue weighted by molar-refractivity contribution is 5.82. The predicted molar refractivity (Wildman–Crippen MR) is 90.1 cm³/mol. The van der Waals surface area contributed by atoms with E-state index in [1.807, 2.05) is 54.6 Å². The Kier molecular flexibility index (Phi) is 3.74. The smallest absolute Gasteiger partial charge is 0.313 e. The summed E-state index contributed by atoms with van der Waals surface area (Å²) in [4.78, 5) is 11.4. The van der Waals surface area contributed by atoms with Crippen LogP contribution < -0.4 is 0 Å². The average Bonchev–Trinajstić information content (AvgIpc) is 3.05. The van der Waals surface area contributed by atoms with Gasteiger partial charge in [0.25, 0.3) is 0 Å². The summed E-state index contributed by atoms with van der Waals surface area (Å²) in [5.41, 5.74) is 3.89. The lowest BCUT2D eigenvalue weighted by Crippen LogP contribution is -2.28. The van der Waals surface area contributed by atoms with Crippen molar-refractivity contribution in [2.24, 2.45) is 0 Å². The Bertz CT molecular complexity index is 818. The zero-order chi connectivity index (χ0) is 16.4. The van der Waals surface area contributed by atoms with Crippen LogP contribution in [0.3, 0.4) is 0 Å². The SMILES string of the molecule is CC(C)(C(=O)O)c1ccc(-c2cn[nH]c2-c2ccccc2)cc1. The monoisotopic (exact) mass is 306 g/mol. The van der Waals surface area contributed by atoms with E-state index in [4.69, 9.17) is 0 Å². The lowest BCUT2D eigenvalue weighted by Gasteiger charge is -2.19. The minimum Gasteiger partial charge on any atom is -0.481 e. The second-order valence-corrected chi connectivity index (χ2v) is 6.03. The molecule has 0 aliphatic rings. The Balaban J connectivity index is 1.99. The molecule has 0 atom stereocenters.